The van der Waals surface area contributed by atoms with Crippen LogP contribution in [0.3, 0.4) is 0 Å². The molecule has 0 fully saturated rings. The zero-order chi connectivity index (χ0) is 17.8. The van der Waals surface area contributed by atoms with Crippen LogP contribution in [0.4, 0.5) is 5.95 Å². The first-order valence-corrected chi connectivity index (χ1v) is 7.99. The first-order chi connectivity index (χ1) is 12.1. The Bertz CT molecular complexity index is 874. The molecule has 0 aliphatic rings. The van der Waals surface area contributed by atoms with E-state index in [2.05, 4.69) is 15.2 Å². The second-order valence-electron chi connectivity index (χ2n) is 5.51. The van der Waals surface area contributed by atoms with Crippen LogP contribution in [0, 0.1) is 0 Å². The summed E-state index contributed by atoms with van der Waals surface area (Å²) in [5.74, 6) is 0.292. The van der Waals surface area contributed by atoms with Crippen LogP contribution in [0.2, 0.25) is 0 Å². The van der Waals surface area contributed by atoms with Crippen LogP contribution >= 0.6 is 0 Å². The van der Waals surface area contributed by atoms with E-state index in [0.717, 1.165) is 5.56 Å². The number of carbonyl (C=O) groups excluding carboxylic acids is 1. The summed E-state index contributed by atoms with van der Waals surface area (Å²) in [6, 6.07) is 9.09. The Morgan fingerprint density at radius 1 is 1.32 bits per heavy atom. The lowest BCUT2D eigenvalue weighted by molar-refractivity contribution is 0.0706. The maximum Gasteiger partial charge on any atom is 0.253 e. The van der Waals surface area contributed by atoms with Gasteiger partial charge in [-0.05, 0) is 19.1 Å². The highest BCUT2D eigenvalue weighted by Gasteiger charge is 2.14. The summed E-state index contributed by atoms with van der Waals surface area (Å²) in [4.78, 5) is 18.6. The minimum atomic E-state index is -0.0218. The maximum atomic E-state index is 12.5. The van der Waals surface area contributed by atoms with Crippen LogP contribution in [0.5, 0.6) is 0 Å². The maximum absolute atomic E-state index is 12.5. The van der Waals surface area contributed by atoms with Crippen molar-refractivity contribution >= 4 is 17.5 Å². The Balaban J connectivity index is 1.84. The lowest BCUT2D eigenvalue weighted by Crippen LogP contribution is -2.33. The number of fused-ring (bicyclic) bond motifs is 1. The van der Waals surface area contributed by atoms with Gasteiger partial charge in [0.05, 0.1) is 12.3 Å². The molecule has 25 heavy (non-hydrogen) atoms. The first kappa shape index (κ1) is 16.8. The van der Waals surface area contributed by atoms with E-state index in [9.17, 15) is 4.79 Å². The SMILES string of the molecule is CCN(CCOC)C(=O)c1ccc(-c2cc3nncn3c(N)n2)cc1. The molecule has 2 aromatic heterocycles. The number of methoxy groups -OCH3 is 1. The van der Waals surface area contributed by atoms with Gasteiger partial charge in [-0.15, -0.1) is 10.2 Å². The summed E-state index contributed by atoms with van der Waals surface area (Å²) in [5.41, 5.74) is 8.71. The standard InChI is InChI=1S/C17H20N6O2/c1-3-22(8-9-25-2)16(24)13-6-4-12(5-7-13)14-10-15-21-19-11-23(15)17(18)20-14/h4-7,10-11H,3,8-9H2,1-2H3,(H2,18,20). The molecule has 0 atom stereocenters. The molecule has 8 heteroatoms. The monoisotopic (exact) mass is 340 g/mol. The third-order valence-corrected chi connectivity index (χ3v) is 3.98. The van der Waals surface area contributed by atoms with Gasteiger partial charge in [-0.1, -0.05) is 12.1 Å². The molecule has 2 heterocycles. The Labute approximate surface area is 145 Å². The van der Waals surface area contributed by atoms with E-state index in [1.165, 1.54) is 6.33 Å². The molecule has 130 valence electrons. The van der Waals surface area contributed by atoms with Crippen LogP contribution in [-0.2, 0) is 4.74 Å². The topological polar surface area (TPSA) is 98.6 Å². The van der Waals surface area contributed by atoms with Gasteiger partial charge in [0.1, 0.15) is 6.33 Å². The molecule has 0 bridgehead atoms. The van der Waals surface area contributed by atoms with Crippen molar-refractivity contribution in [3.05, 3.63) is 42.2 Å². The number of likely N-dealkylation sites (N-methyl/N-ethyl adjacent to an activating group) is 1. The molecular formula is C17H20N6O2. The van der Waals surface area contributed by atoms with Crippen molar-refractivity contribution in [3.63, 3.8) is 0 Å². The zero-order valence-corrected chi connectivity index (χ0v) is 14.2. The number of nitrogen functional groups attached to an aromatic ring is 1. The van der Waals surface area contributed by atoms with E-state index >= 15 is 0 Å². The Morgan fingerprint density at radius 3 is 2.76 bits per heavy atom. The van der Waals surface area contributed by atoms with Crippen molar-refractivity contribution in [1.29, 1.82) is 0 Å². The lowest BCUT2D eigenvalue weighted by atomic mass is 10.1. The van der Waals surface area contributed by atoms with E-state index in [-0.39, 0.29) is 5.91 Å². The first-order valence-electron chi connectivity index (χ1n) is 7.99. The predicted octanol–water partition coefficient (Wildman–Crippen LogP) is 1.48. The number of ether oxygens (including phenoxy) is 1. The quantitative estimate of drug-likeness (QED) is 0.730. The van der Waals surface area contributed by atoms with Crippen molar-refractivity contribution in [3.8, 4) is 11.3 Å². The van der Waals surface area contributed by atoms with Crippen LogP contribution < -0.4 is 5.73 Å². The Kier molecular flexibility index (Phi) is 4.90. The molecule has 1 amide bonds. The molecule has 3 aromatic rings. The molecule has 0 saturated heterocycles. The van der Waals surface area contributed by atoms with E-state index in [1.54, 1.807) is 34.6 Å². The fraction of sp³-hybridized carbons (Fsp3) is 0.294. The number of rotatable bonds is 6. The van der Waals surface area contributed by atoms with Crippen LogP contribution in [0.15, 0.2) is 36.7 Å². The molecule has 0 aliphatic heterocycles. The van der Waals surface area contributed by atoms with Crippen molar-refractivity contribution in [2.75, 3.05) is 32.5 Å². The minimum absolute atomic E-state index is 0.0218. The van der Waals surface area contributed by atoms with E-state index in [4.69, 9.17) is 10.5 Å². The van der Waals surface area contributed by atoms with Gasteiger partial charge in [0.15, 0.2) is 5.65 Å². The van der Waals surface area contributed by atoms with Gasteiger partial charge in [0, 0.05) is 37.4 Å². The third-order valence-electron chi connectivity index (χ3n) is 3.98. The fourth-order valence-electron chi connectivity index (χ4n) is 2.57. The molecule has 3 rings (SSSR count). The number of carbonyl (C=O) groups is 1. The lowest BCUT2D eigenvalue weighted by Gasteiger charge is -2.20. The van der Waals surface area contributed by atoms with Crippen molar-refractivity contribution in [1.82, 2.24) is 24.5 Å². The zero-order valence-electron chi connectivity index (χ0n) is 14.2. The number of hydrogen-bond acceptors (Lipinski definition) is 6. The van der Waals surface area contributed by atoms with Gasteiger partial charge >= 0.3 is 0 Å². The number of amides is 1. The summed E-state index contributed by atoms with van der Waals surface area (Å²) in [6.07, 6.45) is 1.52. The molecule has 0 radical (unpaired) electrons. The second kappa shape index (κ2) is 7.27. The summed E-state index contributed by atoms with van der Waals surface area (Å²) >= 11 is 0. The number of benzene rings is 1. The third kappa shape index (κ3) is 3.43. The molecule has 2 N–H and O–H groups in total. The van der Waals surface area contributed by atoms with Crippen LogP contribution in [0.1, 0.15) is 17.3 Å². The predicted molar refractivity (Wildman–Crippen MR) is 94.1 cm³/mol. The Hall–Kier alpha value is -3.00. The van der Waals surface area contributed by atoms with Gasteiger partial charge in [0.25, 0.3) is 5.91 Å². The van der Waals surface area contributed by atoms with E-state index in [0.29, 0.717) is 42.5 Å². The summed E-state index contributed by atoms with van der Waals surface area (Å²) in [7, 11) is 1.62. The summed E-state index contributed by atoms with van der Waals surface area (Å²) in [6.45, 7) is 3.66. The molecule has 0 aliphatic carbocycles. The normalized spacial score (nSPS) is 11.0. The summed E-state index contributed by atoms with van der Waals surface area (Å²) in [5, 5.41) is 7.81. The number of hydrogen-bond donors (Lipinski definition) is 1. The number of anilines is 1. The van der Waals surface area contributed by atoms with Crippen molar-refractivity contribution < 1.29 is 9.53 Å². The summed E-state index contributed by atoms with van der Waals surface area (Å²) < 4.78 is 6.66. The van der Waals surface area contributed by atoms with Gasteiger partial charge in [-0.2, -0.15) is 0 Å². The highest BCUT2D eigenvalue weighted by Crippen LogP contribution is 2.21. The molecule has 1 aromatic carbocycles. The molecular weight excluding hydrogens is 320 g/mol. The second-order valence-corrected chi connectivity index (χ2v) is 5.51. The average Bonchev–Trinajstić information content (AvgIpc) is 3.11. The molecule has 0 spiro atoms. The largest absolute Gasteiger partial charge is 0.383 e. The van der Waals surface area contributed by atoms with E-state index in [1.807, 2.05) is 19.1 Å². The smallest absolute Gasteiger partial charge is 0.253 e. The van der Waals surface area contributed by atoms with Crippen molar-refractivity contribution in [2.45, 2.75) is 6.92 Å². The molecule has 8 nitrogen and oxygen atoms in total. The average molecular weight is 340 g/mol. The van der Waals surface area contributed by atoms with Gasteiger partial charge in [0.2, 0.25) is 5.95 Å². The van der Waals surface area contributed by atoms with Crippen LogP contribution in [-0.4, -0.2) is 57.2 Å². The van der Waals surface area contributed by atoms with Crippen LogP contribution in [0.25, 0.3) is 16.9 Å². The Morgan fingerprint density at radius 2 is 2.08 bits per heavy atom. The van der Waals surface area contributed by atoms with Crippen molar-refractivity contribution in [2.24, 2.45) is 0 Å². The van der Waals surface area contributed by atoms with Gasteiger partial charge in [-0.25, -0.2) is 4.98 Å². The number of nitrogens with two attached hydrogens (primary N) is 1. The minimum Gasteiger partial charge on any atom is -0.383 e. The van der Waals surface area contributed by atoms with Gasteiger partial charge < -0.3 is 15.4 Å². The van der Waals surface area contributed by atoms with Gasteiger partial charge in [-0.3, -0.25) is 9.20 Å². The van der Waals surface area contributed by atoms with E-state index < -0.39 is 0 Å². The fourth-order valence-corrected chi connectivity index (χ4v) is 2.57. The highest BCUT2D eigenvalue weighted by atomic mass is 16.5. The molecule has 0 saturated carbocycles. The highest BCUT2D eigenvalue weighted by molar-refractivity contribution is 5.94. The number of aromatic nitrogens is 4. The number of nitrogens with zero attached hydrogens (tertiary/aromatic N) is 5. The molecule has 0 unspecified atom stereocenters.